The van der Waals surface area contributed by atoms with Crippen LogP contribution in [0.3, 0.4) is 0 Å². The lowest BCUT2D eigenvalue weighted by Gasteiger charge is -1.94. The molecule has 3 rings (SSSR count). The van der Waals surface area contributed by atoms with Gasteiger partial charge in [-0.15, -0.1) is 0 Å². The number of ether oxygens (including phenoxy) is 1. The number of nitrogens with zero attached hydrogens (tertiary/aromatic N) is 3. The lowest BCUT2D eigenvalue weighted by atomic mass is 10.2. The second kappa shape index (κ2) is 3.68. The summed E-state index contributed by atoms with van der Waals surface area (Å²) in [5, 5.41) is 15.8. The summed E-state index contributed by atoms with van der Waals surface area (Å²) in [6.07, 6.45) is 0.119. The Kier molecular flexibility index (Phi) is 2.27. The van der Waals surface area contributed by atoms with Gasteiger partial charge in [-0.05, 0) is 23.1 Å². The number of nitro groups is 1. The first-order valence-electron chi connectivity index (χ1n) is 5.07. The van der Waals surface area contributed by atoms with Gasteiger partial charge in [-0.25, -0.2) is 0 Å². The van der Waals surface area contributed by atoms with Crippen molar-refractivity contribution in [1.29, 1.82) is 0 Å². The van der Waals surface area contributed by atoms with E-state index in [0.717, 1.165) is 0 Å². The van der Waals surface area contributed by atoms with Gasteiger partial charge in [-0.2, -0.15) is 4.68 Å². The summed E-state index contributed by atoms with van der Waals surface area (Å²) in [6, 6.07) is 4.99. The van der Waals surface area contributed by atoms with Gasteiger partial charge in [0, 0.05) is 5.02 Å². The number of benzene rings is 1. The van der Waals surface area contributed by atoms with E-state index in [0.29, 0.717) is 29.1 Å². The molecule has 0 bridgehead atoms. The Morgan fingerprint density at radius 2 is 2.41 bits per heavy atom. The van der Waals surface area contributed by atoms with Crippen LogP contribution in [-0.4, -0.2) is 27.4 Å². The number of hydrogen-bond acceptors (Lipinski definition) is 4. The quantitative estimate of drug-likeness (QED) is 0.476. The van der Waals surface area contributed by atoms with Gasteiger partial charge in [0.25, 0.3) is 0 Å². The highest BCUT2D eigenvalue weighted by Gasteiger charge is 2.28. The van der Waals surface area contributed by atoms with Crippen molar-refractivity contribution in [2.45, 2.75) is 12.6 Å². The van der Waals surface area contributed by atoms with Gasteiger partial charge < -0.3 is 14.9 Å². The molecule has 0 saturated carbocycles. The van der Waals surface area contributed by atoms with Crippen LogP contribution in [0, 0.1) is 10.1 Å². The summed E-state index contributed by atoms with van der Waals surface area (Å²) in [7, 11) is 0. The largest absolute Gasteiger partial charge is 0.397 e. The molecule has 0 spiro atoms. The maximum atomic E-state index is 10.9. The molecule has 7 heteroatoms. The van der Waals surface area contributed by atoms with Crippen molar-refractivity contribution in [2.24, 2.45) is 0 Å². The predicted molar refractivity (Wildman–Crippen MR) is 61.1 cm³/mol. The standard InChI is InChI=1S/C10H8ClN3O3/c11-6-1-2-9-8(3-6)10(14(15)16)12-13(9)4-7-5-17-7/h1-3,7H,4-5H2. The molecule has 1 atom stereocenters. The van der Waals surface area contributed by atoms with Crippen LogP contribution in [0.5, 0.6) is 0 Å². The molecule has 1 aromatic heterocycles. The molecule has 1 aliphatic rings. The Bertz CT molecular complexity index is 606. The monoisotopic (exact) mass is 253 g/mol. The molecule has 6 nitrogen and oxygen atoms in total. The van der Waals surface area contributed by atoms with E-state index in [1.807, 2.05) is 0 Å². The fourth-order valence-corrected chi connectivity index (χ4v) is 1.95. The van der Waals surface area contributed by atoms with Crippen LogP contribution in [-0.2, 0) is 11.3 Å². The normalized spacial score (nSPS) is 18.5. The fraction of sp³-hybridized carbons (Fsp3) is 0.300. The van der Waals surface area contributed by atoms with Gasteiger partial charge in [0.1, 0.15) is 11.5 Å². The second-order valence-corrected chi connectivity index (χ2v) is 4.32. The zero-order chi connectivity index (χ0) is 12.0. The molecule has 0 N–H and O–H groups in total. The third kappa shape index (κ3) is 1.85. The van der Waals surface area contributed by atoms with Gasteiger partial charge in [-0.1, -0.05) is 11.6 Å². The second-order valence-electron chi connectivity index (χ2n) is 3.88. The van der Waals surface area contributed by atoms with E-state index in [1.54, 1.807) is 22.9 Å². The summed E-state index contributed by atoms with van der Waals surface area (Å²) in [6.45, 7) is 1.22. The van der Waals surface area contributed by atoms with Gasteiger partial charge in [0.15, 0.2) is 0 Å². The van der Waals surface area contributed by atoms with Crippen molar-refractivity contribution in [3.8, 4) is 0 Å². The lowest BCUT2D eigenvalue weighted by Crippen LogP contribution is -2.05. The molecule has 0 amide bonds. The number of epoxide rings is 1. The molecule has 0 radical (unpaired) electrons. The number of fused-ring (bicyclic) bond motifs is 1. The first-order valence-corrected chi connectivity index (χ1v) is 5.45. The van der Waals surface area contributed by atoms with Crippen molar-refractivity contribution >= 4 is 28.3 Å². The SMILES string of the molecule is O=[N+]([O-])c1nn(CC2CO2)c2ccc(Cl)cc12. The average Bonchev–Trinajstić information content (AvgIpc) is 3.00. The molecule has 1 aliphatic heterocycles. The Hall–Kier alpha value is -1.66. The summed E-state index contributed by atoms with van der Waals surface area (Å²) in [5.41, 5.74) is 0.705. The Morgan fingerprint density at radius 3 is 3.06 bits per heavy atom. The molecular formula is C10H8ClN3O3. The zero-order valence-corrected chi connectivity index (χ0v) is 9.42. The molecule has 1 fully saturated rings. The smallest absolute Gasteiger partial charge is 0.371 e. The maximum Gasteiger partial charge on any atom is 0.397 e. The number of aromatic nitrogens is 2. The van der Waals surface area contributed by atoms with Crippen molar-refractivity contribution in [1.82, 2.24) is 9.78 Å². The van der Waals surface area contributed by atoms with E-state index in [9.17, 15) is 10.1 Å². The first kappa shape index (κ1) is 10.5. The van der Waals surface area contributed by atoms with E-state index in [4.69, 9.17) is 16.3 Å². The van der Waals surface area contributed by atoms with Crippen LogP contribution >= 0.6 is 11.6 Å². The molecule has 88 valence electrons. The molecule has 1 saturated heterocycles. The lowest BCUT2D eigenvalue weighted by molar-refractivity contribution is -0.388. The number of rotatable bonds is 3. The topological polar surface area (TPSA) is 73.5 Å². The Morgan fingerprint density at radius 1 is 1.65 bits per heavy atom. The van der Waals surface area contributed by atoms with E-state index in [-0.39, 0.29) is 11.9 Å². The minimum Gasteiger partial charge on any atom is -0.371 e. The summed E-state index contributed by atoms with van der Waals surface area (Å²) in [5.74, 6) is -0.164. The molecule has 2 heterocycles. The average molecular weight is 254 g/mol. The van der Waals surface area contributed by atoms with E-state index in [2.05, 4.69) is 5.10 Å². The molecule has 17 heavy (non-hydrogen) atoms. The highest BCUT2D eigenvalue weighted by molar-refractivity contribution is 6.31. The first-order chi connectivity index (χ1) is 8.15. The van der Waals surface area contributed by atoms with Crippen LogP contribution in [0.25, 0.3) is 10.9 Å². The maximum absolute atomic E-state index is 10.9. The summed E-state index contributed by atoms with van der Waals surface area (Å²) in [4.78, 5) is 10.4. The van der Waals surface area contributed by atoms with Gasteiger partial charge in [0.05, 0.1) is 23.8 Å². The van der Waals surface area contributed by atoms with Gasteiger partial charge in [-0.3, -0.25) is 0 Å². The van der Waals surface area contributed by atoms with E-state index >= 15 is 0 Å². The van der Waals surface area contributed by atoms with Crippen LogP contribution in [0.4, 0.5) is 5.82 Å². The van der Waals surface area contributed by atoms with Crippen LogP contribution in [0.15, 0.2) is 18.2 Å². The zero-order valence-electron chi connectivity index (χ0n) is 8.67. The molecule has 1 unspecified atom stereocenters. The summed E-state index contributed by atoms with van der Waals surface area (Å²) < 4.78 is 6.70. The van der Waals surface area contributed by atoms with Crippen molar-refractivity contribution < 1.29 is 9.66 Å². The van der Waals surface area contributed by atoms with Gasteiger partial charge in [0.2, 0.25) is 0 Å². The van der Waals surface area contributed by atoms with E-state index < -0.39 is 4.92 Å². The van der Waals surface area contributed by atoms with Crippen molar-refractivity contribution in [2.75, 3.05) is 6.61 Å². The fourth-order valence-electron chi connectivity index (χ4n) is 1.77. The van der Waals surface area contributed by atoms with Crippen molar-refractivity contribution in [3.05, 3.63) is 33.3 Å². The highest BCUT2D eigenvalue weighted by atomic mass is 35.5. The minimum atomic E-state index is -0.497. The Labute approximate surface area is 101 Å². The number of hydrogen-bond donors (Lipinski definition) is 0. The minimum absolute atomic E-state index is 0.119. The van der Waals surface area contributed by atoms with Crippen molar-refractivity contribution in [3.63, 3.8) is 0 Å². The molecule has 0 aliphatic carbocycles. The predicted octanol–water partition coefficient (Wildman–Crippen LogP) is 2.00. The van der Waals surface area contributed by atoms with E-state index in [1.165, 1.54) is 0 Å². The van der Waals surface area contributed by atoms with Crippen LogP contribution in [0.2, 0.25) is 5.02 Å². The molecule has 2 aromatic rings. The van der Waals surface area contributed by atoms with Gasteiger partial charge >= 0.3 is 5.82 Å². The number of halogens is 1. The third-order valence-corrected chi connectivity index (χ3v) is 2.88. The molecular weight excluding hydrogens is 246 g/mol. The Balaban J connectivity index is 2.18. The molecule has 1 aromatic carbocycles. The van der Waals surface area contributed by atoms with Crippen LogP contribution < -0.4 is 0 Å². The summed E-state index contributed by atoms with van der Waals surface area (Å²) >= 11 is 5.84. The van der Waals surface area contributed by atoms with Crippen LogP contribution in [0.1, 0.15) is 0 Å². The third-order valence-electron chi connectivity index (χ3n) is 2.64. The highest BCUT2D eigenvalue weighted by Crippen LogP contribution is 2.28.